The van der Waals surface area contributed by atoms with Crippen LogP contribution in [0.3, 0.4) is 0 Å². The van der Waals surface area contributed by atoms with E-state index in [0.29, 0.717) is 6.54 Å². The molecule has 1 saturated heterocycles. The second-order valence-corrected chi connectivity index (χ2v) is 5.65. The SMILES string of the molecule is CC1C(=O)C(C#N)=CC2C(=O)N(c3ccccc3)CCC12. The molecule has 0 spiro atoms. The molecule has 0 bridgehead atoms. The number of para-hydroxylation sites is 1. The van der Waals surface area contributed by atoms with E-state index in [2.05, 4.69) is 0 Å². The van der Waals surface area contributed by atoms with Crippen LogP contribution >= 0.6 is 0 Å². The maximum atomic E-state index is 12.7. The Morgan fingerprint density at radius 3 is 2.62 bits per heavy atom. The van der Waals surface area contributed by atoms with Crippen LogP contribution in [0.15, 0.2) is 42.0 Å². The van der Waals surface area contributed by atoms with Crippen molar-refractivity contribution in [2.75, 3.05) is 11.4 Å². The van der Waals surface area contributed by atoms with Gasteiger partial charge in [0.25, 0.3) is 0 Å². The molecule has 0 saturated carbocycles. The molecule has 3 atom stereocenters. The minimum Gasteiger partial charge on any atom is -0.312 e. The van der Waals surface area contributed by atoms with Crippen molar-refractivity contribution in [1.82, 2.24) is 0 Å². The van der Waals surface area contributed by atoms with Gasteiger partial charge in [-0.3, -0.25) is 9.59 Å². The summed E-state index contributed by atoms with van der Waals surface area (Å²) in [7, 11) is 0. The molecule has 3 rings (SSSR count). The van der Waals surface area contributed by atoms with Crippen LogP contribution in [0.1, 0.15) is 13.3 Å². The van der Waals surface area contributed by atoms with Crippen molar-refractivity contribution in [3.63, 3.8) is 0 Å². The summed E-state index contributed by atoms with van der Waals surface area (Å²) in [6, 6.07) is 11.5. The second kappa shape index (κ2) is 5.17. The lowest BCUT2D eigenvalue weighted by molar-refractivity contribution is -0.128. The molecule has 1 amide bonds. The Kier molecular flexibility index (Phi) is 3.34. The molecule has 0 aromatic heterocycles. The molecule has 106 valence electrons. The van der Waals surface area contributed by atoms with Crippen LogP contribution in [-0.2, 0) is 9.59 Å². The van der Waals surface area contributed by atoms with E-state index in [1.54, 1.807) is 11.0 Å². The van der Waals surface area contributed by atoms with Crippen LogP contribution in [0.4, 0.5) is 5.69 Å². The molecule has 0 radical (unpaired) electrons. The number of piperidine rings is 1. The van der Waals surface area contributed by atoms with Gasteiger partial charge in [0.05, 0.1) is 11.5 Å². The van der Waals surface area contributed by atoms with Crippen molar-refractivity contribution in [2.24, 2.45) is 17.8 Å². The zero-order chi connectivity index (χ0) is 15.0. The molecular weight excluding hydrogens is 264 g/mol. The van der Waals surface area contributed by atoms with Gasteiger partial charge in [-0.1, -0.05) is 31.2 Å². The van der Waals surface area contributed by atoms with Gasteiger partial charge in [-0.05, 0) is 24.5 Å². The zero-order valence-corrected chi connectivity index (χ0v) is 11.8. The molecule has 1 fully saturated rings. The number of fused-ring (bicyclic) bond motifs is 1. The summed E-state index contributed by atoms with van der Waals surface area (Å²) in [5.41, 5.74) is 1.00. The predicted octanol–water partition coefficient (Wildman–Crippen LogP) is 2.32. The lowest BCUT2D eigenvalue weighted by Crippen LogP contribution is -2.49. The minimum absolute atomic E-state index is 0.00968. The molecule has 1 heterocycles. The standard InChI is InChI=1S/C17H16N2O2/c1-11-14-7-8-19(13-5-3-2-4-6-13)17(21)15(14)9-12(10-18)16(11)20/h2-6,9,11,14-15H,7-8H2,1H3. The average Bonchev–Trinajstić information content (AvgIpc) is 2.52. The van der Waals surface area contributed by atoms with E-state index in [4.69, 9.17) is 5.26 Å². The monoisotopic (exact) mass is 280 g/mol. The Labute approximate surface area is 123 Å². The largest absolute Gasteiger partial charge is 0.312 e. The molecule has 1 aromatic rings. The summed E-state index contributed by atoms with van der Waals surface area (Å²) in [5.74, 6) is -0.732. The highest BCUT2D eigenvalue weighted by Gasteiger charge is 2.44. The van der Waals surface area contributed by atoms with E-state index >= 15 is 0 Å². The highest BCUT2D eigenvalue weighted by atomic mass is 16.2. The van der Waals surface area contributed by atoms with Crippen molar-refractivity contribution in [1.29, 1.82) is 5.26 Å². The number of ketones is 1. The van der Waals surface area contributed by atoms with Gasteiger partial charge < -0.3 is 4.90 Å². The number of carbonyl (C=O) groups excluding carboxylic acids is 2. The van der Waals surface area contributed by atoms with Crippen LogP contribution in [0.2, 0.25) is 0 Å². The van der Waals surface area contributed by atoms with E-state index in [-0.39, 0.29) is 35.0 Å². The van der Waals surface area contributed by atoms with Gasteiger partial charge in [-0.25, -0.2) is 0 Å². The maximum absolute atomic E-state index is 12.7. The highest BCUT2D eigenvalue weighted by molar-refractivity contribution is 6.05. The molecule has 1 aliphatic carbocycles. The first-order valence-corrected chi connectivity index (χ1v) is 7.16. The van der Waals surface area contributed by atoms with E-state index in [1.165, 1.54) is 0 Å². The fourth-order valence-corrected chi connectivity index (χ4v) is 3.34. The molecule has 1 aliphatic heterocycles. The van der Waals surface area contributed by atoms with E-state index in [0.717, 1.165) is 12.1 Å². The summed E-state index contributed by atoms with van der Waals surface area (Å²) in [6.07, 6.45) is 2.36. The van der Waals surface area contributed by atoms with Crippen molar-refractivity contribution < 1.29 is 9.59 Å². The van der Waals surface area contributed by atoms with Gasteiger partial charge in [0, 0.05) is 18.2 Å². The third-order valence-corrected chi connectivity index (χ3v) is 4.55. The Hall–Kier alpha value is -2.41. The Morgan fingerprint density at radius 1 is 1.24 bits per heavy atom. The molecule has 4 nitrogen and oxygen atoms in total. The summed E-state index contributed by atoms with van der Waals surface area (Å²) in [4.78, 5) is 26.5. The first-order valence-electron chi connectivity index (χ1n) is 7.16. The number of hydrogen-bond donors (Lipinski definition) is 0. The number of rotatable bonds is 1. The Bertz CT molecular complexity index is 657. The third kappa shape index (κ3) is 2.15. The molecule has 1 aromatic carbocycles. The van der Waals surface area contributed by atoms with Gasteiger partial charge in [0.2, 0.25) is 5.91 Å². The van der Waals surface area contributed by atoms with E-state index in [9.17, 15) is 9.59 Å². The van der Waals surface area contributed by atoms with E-state index < -0.39 is 0 Å². The van der Waals surface area contributed by atoms with Crippen LogP contribution < -0.4 is 4.90 Å². The molecule has 4 heteroatoms. The van der Waals surface area contributed by atoms with Crippen LogP contribution in [0.25, 0.3) is 0 Å². The number of anilines is 1. The normalized spacial score (nSPS) is 28.7. The lowest BCUT2D eigenvalue weighted by Gasteiger charge is -2.41. The number of Topliss-reactive ketones (excluding diaryl/α,β-unsaturated/α-hetero) is 1. The average molecular weight is 280 g/mol. The Morgan fingerprint density at radius 2 is 1.95 bits per heavy atom. The molecule has 3 unspecified atom stereocenters. The van der Waals surface area contributed by atoms with Crippen molar-refractivity contribution in [2.45, 2.75) is 13.3 Å². The number of benzene rings is 1. The number of amides is 1. The van der Waals surface area contributed by atoms with Crippen LogP contribution in [0, 0.1) is 29.1 Å². The quantitative estimate of drug-likeness (QED) is 0.793. The van der Waals surface area contributed by atoms with Crippen molar-refractivity contribution in [3.05, 3.63) is 42.0 Å². The topological polar surface area (TPSA) is 61.2 Å². The number of nitrogens with zero attached hydrogens (tertiary/aromatic N) is 2. The third-order valence-electron chi connectivity index (χ3n) is 4.55. The predicted molar refractivity (Wildman–Crippen MR) is 78.3 cm³/mol. The summed E-state index contributed by atoms with van der Waals surface area (Å²) in [6.45, 7) is 2.45. The highest BCUT2D eigenvalue weighted by Crippen LogP contribution is 2.39. The van der Waals surface area contributed by atoms with Gasteiger partial charge in [0.1, 0.15) is 6.07 Å². The molecule has 0 N–H and O–H groups in total. The van der Waals surface area contributed by atoms with Crippen molar-refractivity contribution >= 4 is 17.4 Å². The molecule has 2 aliphatic rings. The van der Waals surface area contributed by atoms with Gasteiger partial charge in [-0.2, -0.15) is 5.26 Å². The van der Waals surface area contributed by atoms with E-state index in [1.807, 2.05) is 43.3 Å². The lowest BCUT2D eigenvalue weighted by atomic mass is 9.69. The maximum Gasteiger partial charge on any atom is 0.234 e. The summed E-state index contributed by atoms with van der Waals surface area (Å²) in [5, 5.41) is 9.07. The number of hydrogen-bond acceptors (Lipinski definition) is 3. The molecular formula is C17H16N2O2. The fraction of sp³-hybridized carbons (Fsp3) is 0.353. The smallest absolute Gasteiger partial charge is 0.234 e. The fourth-order valence-electron chi connectivity index (χ4n) is 3.34. The van der Waals surface area contributed by atoms with Gasteiger partial charge in [0.15, 0.2) is 5.78 Å². The summed E-state index contributed by atoms with van der Waals surface area (Å²) < 4.78 is 0. The van der Waals surface area contributed by atoms with Crippen LogP contribution in [0.5, 0.6) is 0 Å². The number of nitriles is 1. The van der Waals surface area contributed by atoms with Gasteiger partial charge >= 0.3 is 0 Å². The minimum atomic E-state index is -0.360. The number of carbonyl (C=O) groups is 2. The van der Waals surface area contributed by atoms with Gasteiger partial charge in [-0.15, -0.1) is 0 Å². The van der Waals surface area contributed by atoms with Crippen LogP contribution in [-0.4, -0.2) is 18.2 Å². The zero-order valence-electron chi connectivity index (χ0n) is 11.8. The summed E-state index contributed by atoms with van der Waals surface area (Å²) >= 11 is 0. The second-order valence-electron chi connectivity index (χ2n) is 5.65. The van der Waals surface area contributed by atoms with Crippen molar-refractivity contribution in [3.8, 4) is 6.07 Å². The first kappa shape index (κ1) is 13.6. The molecule has 21 heavy (non-hydrogen) atoms. The first-order chi connectivity index (χ1) is 10.1. The number of allylic oxidation sites excluding steroid dienone is 1. The Balaban J connectivity index is 1.96.